The van der Waals surface area contributed by atoms with Crippen LogP contribution in [0.3, 0.4) is 0 Å². The average molecular weight is 399 g/mol. The van der Waals surface area contributed by atoms with E-state index in [9.17, 15) is 0 Å². The Morgan fingerprint density at radius 3 is 2.87 bits per heavy atom. The van der Waals surface area contributed by atoms with E-state index in [1.54, 1.807) is 19.6 Å². The summed E-state index contributed by atoms with van der Waals surface area (Å²) in [6.45, 7) is 0.715. The van der Waals surface area contributed by atoms with Crippen molar-refractivity contribution in [2.24, 2.45) is 0 Å². The molecule has 0 aliphatic heterocycles. The molecule has 0 fully saturated rings. The van der Waals surface area contributed by atoms with Crippen molar-refractivity contribution in [3.05, 3.63) is 66.7 Å². The summed E-state index contributed by atoms with van der Waals surface area (Å²) in [5, 5.41) is 7.77. The minimum absolute atomic E-state index is 0.582. The highest BCUT2D eigenvalue weighted by molar-refractivity contribution is 5.84. The Labute approximate surface area is 172 Å². The first-order chi connectivity index (χ1) is 14.8. The molecule has 2 aromatic carbocycles. The molecule has 0 radical (unpaired) electrons. The van der Waals surface area contributed by atoms with Crippen LogP contribution in [0.15, 0.2) is 61.2 Å². The van der Waals surface area contributed by atoms with Crippen molar-refractivity contribution in [3.63, 3.8) is 0 Å². The molecule has 0 aliphatic carbocycles. The zero-order valence-corrected chi connectivity index (χ0v) is 16.4. The van der Waals surface area contributed by atoms with Crippen LogP contribution in [0.1, 0.15) is 5.56 Å². The SMILES string of the molecule is COc1ccc2[nH]cc(CCNc3nccc(Nc4ccc5[nH]cnc5c4)n3)c2c1. The first-order valence-corrected chi connectivity index (χ1v) is 9.69. The monoisotopic (exact) mass is 399 g/mol. The number of nitrogens with zero attached hydrogens (tertiary/aromatic N) is 3. The summed E-state index contributed by atoms with van der Waals surface area (Å²) >= 11 is 0. The van der Waals surface area contributed by atoms with Gasteiger partial charge in [-0.1, -0.05) is 0 Å². The molecule has 4 N–H and O–H groups in total. The van der Waals surface area contributed by atoms with E-state index < -0.39 is 0 Å². The van der Waals surface area contributed by atoms with Crippen molar-refractivity contribution in [1.29, 1.82) is 0 Å². The fraction of sp³-hybridized carbons (Fsp3) is 0.136. The molecule has 8 nitrogen and oxygen atoms in total. The van der Waals surface area contributed by atoms with Gasteiger partial charge in [0.05, 0.1) is 24.5 Å². The molecular weight excluding hydrogens is 378 g/mol. The number of methoxy groups -OCH3 is 1. The quantitative estimate of drug-likeness (QED) is 0.326. The number of imidazole rings is 1. The number of aromatic nitrogens is 5. The number of rotatable bonds is 7. The van der Waals surface area contributed by atoms with Gasteiger partial charge in [-0.05, 0) is 54.4 Å². The van der Waals surface area contributed by atoms with Crippen molar-refractivity contribution in [3.8, 4) is 5.75 Å². The summed E-state index contributed by atoms with van der Waals surface area (Å²) in [7, 11) is 1.68. The zero-order chi connectivity index (χ0) is 20.3. The normalized spacial score (nSPS) is 11.1. The van der Waals surface area contributed by atoms with E-state index in [2.05, 4.69) is 41.6 Å². The number of fused-ring (bicyclic) bond motifs is 2. The van der Waals surface area contributed by atoms with Gasteiger partial charge in [0.2, 0.25) is 5.95 Å². The molecule has 0 aliphatic rings. The molecule has 0 atom stereocenters. The number of nitrogens with one attached hydrogen (secondary N) is 4. The van der Waals surface area contributed by atoms with Crippen LogP contribution in [0.5, 0.6) is 5.75 Å². The Balaban J connectivity index is 1.25. The molecule has 5 aromatic rings. The minimum atomic E-state index is 0.582. The van der Waals surface area contributed by atoms with Crippen molar-refractivity contribution in [2.45, 2.75) is 6.42 Å². The highest BCUT2D eigenvalue weighted by atomic mass is 16.5. The van der Waals surface area contributed by atoms with Gasteiger partial charge in [0, 0.05) is 35.5 Å². The molecule has 0 bridgehead atoms. The molecule has 150 valence electrons. The summed E-state index contributed by atoms with van der Waals surface area (Å²) in [6, 6.07) is 13.8. The second-order valence-electron chi connectivity index (χ2n) is 6.93. The fourth-order valence-electron chi connectivity index (χ4n) is 3.47. The van der Waals surface area contributed by atoms with Crippen LogP contribution in [-0.4, -0.2) is 38.6 Å². The summed E-state index contributed by atoms with van der Waals surface area (Å²) < 4.78 is 5.34. The molecule has 30 heavy (non-hydrogen) atoms. The molecule has 0 saturated heterocycles. The number of hydrogen-bond donors (Lipinski definition) is 4. The zero-order valence-electron chi connectivity index (χ0n) is 16.4. The largest absolute Gasteiger partial charge is 0.497 e. The smallest absolute Gasteiger partial charge is 0.224 e. The molecule has 0 saturated carbocycles. The van der Waals surface area contributed by atoms with Crippen molar-refractivity contribution in [2.75, 3.05) is 24.3 Å². The number of ether oxygens (including phenoxy) is 1. The van der Waals surface area contributed by atoms with E-state index in [4.69, 9.17) is 4.74 Å². The maximum absolute atomic E-state index is 5.34. The third-order valence-corrected chi connectivity index (χ3v) is 5.00. The van der Waals surface area contributed by atoms with Gasteiger partial charge in [0.25, 0.3) is 0 Å². The summed E-state index contributed by atoms with van der Waals surface area (Å²) in [4.78, 5) is 19.6. The molecule has 0 spiro atoms. The Kier molecular flexibility index (Phi) is 4.65. The molecule has 3 heterocycles. The van der Waals surface area contributed by atoms with Crippen molar-refractivity contribution < 1.29 is 4.74 Å². The number of H-pyrrole nitrogens is 2. The lowest BCUT2D eigenvalue weighted by molar-refractivity contribution is 0.415. The molecule has 0 unspecified atom stereocenters. The molecule has 8 heteroatoms. The van der Waals surface area contributed by atoms with Crippen LogP contribution >= 0.6 is 0 Å². The lowest BCUT2D eigenvalue weighted by Crippen LogP contribution is -2.08. The average Bonchev–Trinajstić information content (AvgIpc) is 3.40. The van der Waals surface area contributed by atoms with E-state index >= 15 is 0 Å². The van der Waals surface area contributed by atoms with E-state index in [1.807, 2.05) is 42.6 Å². The van der Waals surface area contributed by atoms with E-state index in [-0.39, 0.29) is 0 Å². The predicted molar refractivity (Wildman–Crippen MR) is 118 cm³/mol. The van der Waals surface area contributed by atoms with Crippen LogP contribution < -0.4 is 15.4 Å². The van der Waals surface area contributed by atoms with E-state index in [1.165, 1.54) is 10.9 Å². The van der Waals surface area contributed by atoms with E-state index in [0.717, 1.165) is 40.2 Å². The van der Waals surface area contributed by atoms with Gasteiger partial charge in [-0.25, -0.2) is 9.97 Å². The van der Waals surface area contributed by atoms with Crippen LogP contribution in [-0.2, 0) is 6.42 Å². The Morgan fingerprint density at radius 1 is 1.00 bits per heavy atom. The standard InChI is InChI=1S/C22H21N7O/c1-30-16-3-5-18-17(11-16)14(12-25-18)6-8-23-22-24-9-7-21(29-22)28-15-2-4-19-20(10-15)27-13-26-19/h2-5,7,9-13,25H,6,8H2,1H3,(H,26,27)(H2,23,24,28,29). The second kappa shape index (κ2) is 7.75. The van der Waals surface area contributed by atoms with Crippen molar-refractivity contribution >= 4 is 39.4 Å². The van der Waals surface area contributed by atoms with Crippen molar-refractivity contribution in [1.82, 2.24) is 24.9 Å². The molecule has 5 rings (SSSR count). The Bertz CT molecular complexity index is 1310. The van der Waals surface area contributed by atoms with Gasteiger partial charge in [0.1, 0.15) is 11.6 Å². The summed E-state index contributed by atoms with van der Waals surface area (Å²) in [5.41, 5.74) is 5.15. The fourth-order valence-corrected chi connectivity index (χ4v) is 3.47. The number of benzene rings is 2. The van der Waals surface area contributed by atoms with Crippen LogP contribution in [0.4, 0.5) is 17.5 Å². The molecular formula is C22H21N7O. The lowest BCUT2D eigenvalue weighted by atomic mass is 10.1. The molecule has 3 aromatic heterocycles. The lowest BCUT2D eigenvalue weighted by Gasteiger charge is -2.08. The predicted octanol–water partition coefficient (Wildman–Crippen LogP) is 4.24. The summed E-state index contributed by atoms with van der Waals surface area (Å²) in [5.74, 6) is 2.16. The topological polar surface area (TPSA) is 104 Å². The van der Waals surface area contributed by atoms with E-state index in [0.29, 0.717) is 12.5 Å². The summed E-state index contributed by atoms with van der Waals surface area (Å²) in [6.07, 6.45) is 6.30. The number of aromatic amines is 2. The van der Waals surface area contributed by atoms with Gasteiger partial charge in [0.15, 0.2) is 0 Å². The minimum Gasteiger partial charge on any atom is -0.497 e. The van der Waals surface area contributed by atoms with Gasteiger partial charge in [-0.2, -0.15) is 4.98 Å². The van der Waals surface area contributed by atoms with Crippen LogP contribution in [0, 0.1) is 0 Å². The number of anilines is 3. The van der Waals surface area contributed by atoms with Crippen LogP contribution in [0.25, 0.3) is 21.9 Å². The second-order valence-corrected chi connectivity index (χ2v) is 6.93. The molecule has 0 amide bonds. The first-order valence-electron chi connectivity index (χ1n) is 9.69. The third-order valence-electron chi connectivity index (χ3n) is 5.00. The Morgan fingerprint density at radius 2 is 1.93 bits per heavy atom. The maximum atomic E-state index is 5.34. The Hall–Kier alpha value is -4.07. The highest BCUT2D eigenvalue weighted by Crippen LogP contribution is 2.24. The van der Waals surface area contributed by atoms with Gasteiger partial charge in [-0.15, -0.1) is 0 Å². The highest BCUT2D eigenvalue weighted by Gasteiger charge is 2.06. The third kappa shape index (κ3) is 3.62. The van der Waals surface area contributed by atoms with Gasteiger partial charge >= 0.3 is 0 Å². The van der Waals surface area contributed by atoms with Gasteiger partial charge < -0.3 is 25.3 Å². The maximum Gasteiger partial charge on any atom is 0.224 e. The first kappa shape index (κ1) is 18.0. The van der Waals surface area contributed by atoms with Gasteiger partial charge in [-0.3, -0.25) is 0 Å². The number of hydrogen-bond acceptors (Lipinski definition) is 6. The van der Waals surface area contributed by atoms with Crippen LogP contribution in [0.2, 0.25) is 0 Å².